The Labute approximate surface area is 178 Å². The molecule has 0 aliphatic rings. The first-order chi connectivity index (χ1) is 14.8. The molecule has 0 heterocycles. The van der Waals surface area contributed by atoms with Crippen molar-refractivity contribution in [3.63, 3.8) is 0 Å². The molecule has 0 amide bonds. The molecule has 0 N–H and O–H groups in total. The lowest BCUT2D eigenvalue weighted by Gasteiger charge is -2.16. The van der Waals surface area contributed by atoms with Crippen LogP contribution in [0.5, 0.6) is 0 Å². The quantitative estimate of drug-likeness (QED) is 0.272. The Kier molecular flexibility index (Phi) is 4.85. The Morgan fingerprint density at radius 1 is 0.500 bits per heavy atom. The number of benzene rings is 5. The van der Waals surface area contributed by atoms with Crippen LogP contribution in [0.4, 0.5) is 0 Å². The van der Waals surface area contributed by atoms with Crippen molar-refractivity contribution in [1.29, 1.82) is 0 Å². The lowest BCUT2D eigenvalue weighted by Crippen LogP contribution is -1.90. The van der Waals surface area contributed by atoms with Gasteiger partial charge in [-0.15, -0.1) is 0 Å². The molecule has 146 valence electrons. The summed E-state index contributed by atoms with van der Waals surface area (Å²) in [6.45, 7) is 4.41. The average molecular weight is 387 g/mol. The Balaban J connectivity index is 1.82. The van der Waals surface area contributed by atoms with E-state index in [1.165, 1.54) is 54.9 Å². The minimum absolute atomic E-state index is 1.06. The molecule has 0 aliphatic heterocycles. The number of aryl methyl sites for hydroxylation is 2. The van der Waals surface area contributed by atoms with Crippen molar-refractivity contribution in [2.45, 2.75) is 26.7 Å². The molecule has 0 saturated carbocycles. The van der Waals surface area contributed by atoms with E-state index in [4.69, 9.17) is 0 Å². The molecule has 0 spiro atoms. The zero-order valence-electron chi connectivity index (χ0n) is 17.7. The van der Waals surface area contributed by atoms with Crippen LogP contribution in [0.2, 0.25) is 0 Å². The third-order valence-corrected chi connectivity index (χ3v) is 6.21. The maximum absolute atomic E-state index is 2.36. The summed E-state index contributed by atoms with van der Waals surface area (Å²) in [6, 6.07) is 36.0. The fourth-order valence-electron chi connectivity index (χ4n) is 4.39. The summed E-state index contributed by atoms with van der Waals surface area (Å²) in [5.74, 6) is 0. The third kappa shape index (κ3) is 3.29. The van der Waals surface area contributed by atoms with E-state index in [9.17, 15) is 0 Å². The zero-order chi connectivity index (χ0) is 20.5. The highest BCUT2D eigenvalue weighted by Gasteiger charge is 2.13. The van der Waals surface area contributed by atoms with Crippen LogP contribution in [0.3, 0.4) is 0 Å². The number of rotatable bonds is 4. The highest BCUT2D eigenvalue weighted by Crippen LogP contribution is 2.39. The topological polar surface area (TPSA) is 0 Å². The highest BCUT2D eigenvalue weighted by molar-refractivity contribution is 6.09. The molecule has 0 aromatic heterocycles. The van der Waals surface area contributed by atoms with Gasteiger partial charge in [0.05, 0.1) is 0 Å². The Morgan fingerprint density at radius 3 is 1.67 bits per heavy atom. The molecule has 0 fully saturated rings. The number of fused-ring (bicyclic) bond motifs is 2. The van der Waals surface area contributed by atoms with Crippen LogP contribution >= 0.6 is 0 Å². The van der Waals surface area contributed by atoms with E-state index < -0.39 is 0 Å². The Bertz CT molecular complexity index is 1320. The lowest BCUT2D eigenvalue weighted by atomic mass is 9.88. The van der Waals surface area contributed by atoms with Crippen molar-refractivity contribution in [3.05, 3.63) is 108 Å². The molecule has 0 saturated heterocycles. The van der Waals surface area contributed by atoms with Gasteiger partial charge in [-0.1, -0.05) is 98.8 Å². The maximum Gasteiger partial charge on any atom is -0.00266 e. The van der Waals surface area contributed by atoms with E-state index in [0.717, 1.165) is 12.8 Å². The Morgan fingerprint density at radius 2 is 1.07 bits per heavy atom. The van der Waals surface area contributed by atoms with Gasteiger partial charge in [0.15, 0.2) is 0 Å². The molecule has 0 bridgehead atoms. The maximum atomic E-state index is 2.36. The number of hydrogen-bond donors (Lipinski definition) is 0. The summed E-state index contributed by atoms with van der Waals surface area (Å²) < 4.78 is 0. The minimum atomic E-state index is 1.06. The van der Waals surface area contributed by atoms with Gasteiger partial charge >= 0.3 is 0 Å². The summed E-state index contributed by atoms with van der Waals surface area (Å²) >= 11 is 0. The summed E-state index contributed by atoms with van der Waals surface area (Å²) in [7, 11) is 0. The van der Waals surface area contributed by atoms with E-state index in [2.05, 4.69) is 111 Å². The van der Waals surface area contributed by atoms with E-state index >= 15 is 0 Å². The number of hydrogen-bond acceptors (Lipinski definition) is 0. The molecule has 5 aromatic carbocycles. The molecule has 0 unspecified atom stereocenters. The van der Waals surface area contributed by atoms with Crippen molar-refractivity contribution in [2.24, 2.45) is 0 Å². The fraction of sp³-hybridized carbons (Fsp3) is 0.133. The van der Waals surface area contributed by atoms with E-state index in [1.807, 2.05) is 0 Å². The van der Waals surface area contributed by atoms with Gasteiger partial charge in [-0.05, 0) is 79.9 Å². The van der Waals surface area contributed by atoms with Gasteiger partial charge in [0.25, 0.3) is 0 Å². The largest absolute Gasteiger partial charge is 0.0616 e. The first-order valence-electron chi connectivity index (χ1n) is 10.9. The highest BCUT2D eigenvalue weighted by atomic mass is 14.2. The summed E-state index contributed by atoms with van der Waals surface area (Å²) in [5, 5.41) is 5.18. The average Bonchev–Trinajstić information content (AvgIpc) is 2.82. The standard InChI is InChI=1S/C30H26/c1-3-21-9-13-23(14-10-21)28-18-17-27-19-25-7-5-6-8-26(25)20-29(27)30(28)24-15-11-22(4-2)12-16-24/h5-20H,3-4H2,1-2H3. The van der Waals surface area contributed by atoms with Crippen molar-refractivity contribution in [1.82, 2.24) is 0 Å². The summed E-state index contributed by atoms with van der Waals surface area (Å²) in [4.78, 5) is 0. The monoisotopic (exact) mass is 386 g/mol. The minimum Gasteiger partial charge on any atom is -0.0616 e. The van der Waals surface area contributed by atoms with Crippen molar-refractivity contribution >= 4 is 21.5 Å². The molecule has 30 heavy (non-hydrogen) atoms. The van der Waals surface area contributed by atoms with E-state index in [-0.39, 0.29) is 0 Å². The summed E-state index contributed by atoms with van der Waals surface area (Å²) in [5.41, 5.74) is 7.92. The molecule has 0 atom stereocenters. The first kappa shape index (κ1) is 18.6. The summed E-state index contributed by atoms with van der Waals surface area (Å²) in [6.07, 6.45) is 2.13. The molecule has 0 aliphatic carbocycles. The van der Waals surface area contributed by atoms with Gasteiger partial charge in [-0.3, -0.25) is 0 Å². The zero-order valence-corrected chi connectivity index (χ0v) is 17.7. The molecule has 5 rings (SSSR count). The van der Waals surface area contributed by atoms with Gasteiger partial charge in [-0.25, -0.2) is 0 Å². The second-order valence-corrected chi connectivity index (χ2v) is 8.01. The van der Waals surface area contributed by atoms with Crippen LogP contribution in [0, 0.1) is 0 Å². The van der Waals surface area contributed by atoms with Crippen LogP contribution in [-0.4, -0.2) is 0 Å². The van der Waals surface area contributed by atoms with Gasteiger partial charge in [0.2, 0.25) is 0 Å². The lowest BCUT2D eigenvalue weighted by molar-refractivity contribution is 1.14. The van der Waals surface area contributed by atoms with Gasteiger partial charge in [0, 0.05) is 0 Å². The Hall–Kier alpha value is -3.38. The van der Waals surface area contributed by atoms with E-state index in [1.54, 1.807) is 0 Å². The normalized spacial score (nSPS) is 11.3. The predicted octanol–water partition coefficient (Wildman–Crippen LogP) is 8.45. The van der Waals surface area contributed by atoms with Crippen molar-refractivity contribution in [2.75, 3.05) is 0 Å². The molecule has 0 radical (unpaired) electrons. The van der Waals surface area contributed by atoms with Gasteiger partial charge in [0.1, 0.15) is 0 Å². The second kappa shape index (κ2) is 7.80. The van der Waals surface area contributed by atoms with Crippen LogP contribution in [0.25, 0.3) is 43.8 Å². The van der Waals surface area contributed by atoms with Crippen LogP contribution in [0.15, 0.2) is 97.1 Å². The van der Waals surface area contributed by atoms with E-state index in [0.29, 0.717) is 0 Å². The van der Waals surface area contributed by atoms with Gasteiger partial charge < -0.3 is 0 Å². The van der Waals surface area contributed by atoms with Gasteiger partial charge in [-0.2, -0.15) is 0 Å². The van der Waals surface area contributed by atoms with Crippen molar-refractivity contribution < 1.29 is 0 Å². The van der Waals surface area contributed by atoms with Crippen LogP contribution in [0.1, 0.15) is 25.0 Å². The van der Waals surface area contributed by atoms with Crippen molar-refractivity contribution in [3.8, 4) is 22.3 Å². The SMILES string of the molecule is CCc1ccc(-c2ccc3cc4ccccc4cc3c2-c2ccc(CC)cc2)cc1. The smallest absolute Gasteiger partial charge is 0.00266 e. The first-order valence-corrected chi connectivity index (χ1v) is 10.9. The fourth-order valence-corrected chi connectivity index (χ4v) is 4.39. The molecule has 0 nitrogen and oxygen atoms in total. The predicted molar refractivity (Wildman–Crippen MR) is 131 cm³/mol. The molecular formula is C30H26. The second-order valence-electron chi connectivity index (χ2n) is 8.01. The van der Waals surface area contributed by atoms with Crippen LogP contribution < -0.4 is 0 Å². The molecule has 5 aromatic rings. The molecule has 0 heteroatoms. The third-order valence-electron chi connectivity index (χ3n) is 6.21. The molecular weight excluding hydrogens is 360 g/mol. The van der Waals surface area contributed by atoms with Crippen LogP contribution in [-0.2, 0) is 12.8 Å².